The van der Waals surface area contributed by atoms with Gasteiger partial charge < -0.3 is 10.2 Å². The molecule has 2 nitrogen and oxygen atoms in total. The number of allylic oxidation sites excluding steroid dienone is 3. The smallest absolute Gasteiger partial charge is 0.123 e. The first-order chi connectivity index (χ1) is 13.3. The Morgan fingerprint density at radius 3 is 2.76 bits per heavy atom. The second kappa shape index (κ2) is 6.38. The SMILES string of the molecule is [2H]C([2H])=C(C1CCC(C([2H])([2H])[2H])=CC1c1c(O)cc(CCC)cc1O)C([2H])([2H])[2H]. The standard InChI is InChI=1S/C19H26O2/c1-5-6-14-10-17(20)19(18(21)11-14)16-9-13(4)7-8-15(16)12(2)3/h9-11,15-16,20-21H,2,5-8H2,1,3-4H3/i2D2,3D3,4D3. The average Bonchev–Trinajstić information content (AvgIpc) is 2.53. The number of phenols is 2. The van der Waals surface area contributed by atoms with Crippen molar-refractivity contribution in [1.29, 1.82) is 0 Å². The molecule has 21 heavy (non-hydrogen) atoms. The van der Waals surface area contributed by atoms with Gasteiger partial charge >= 0.3 is 0 Å². The molecule has 2 heteroatoms. The highest BCUT2D eigenvalue weighted by Gasteiger charge is 2.29. The van der Waals surface area contributed by atoms with Crippen LogP contribution in [0.3, 0.4) is 0 Å². The van der Waals surface area contributed by atoms with Crippen molar-refractivity contribution < 1.29 is 21.2 Å². The topological polar surface area (TPSA) is 40.5 Å². The number of benzene rings is 1. The van der Waals surface area contributed by atoms with E-state index in [1.54, 1.807) is 0 Å². The maximum absolute atomic E-state index is 10.6. The van der Waals surface area contributed by atoms with E-state index in [1.165, 1.54) is 18.2 Å². The zero-order chi connectivity index (χ0) is 22.1. The van der Waals surface area contributed by atoms with E-state index in [1.807, 2.05) is 6.92 Å². The van der Waals surface area contributed by atoms with Gasteiger partial charge in [-0.15, -0.1) is 0 Å². The van der Waals surface area contributed by atoms with Gasteiger partial charge in [-0.25, -0.2) is 0 Å². The molecule has 0 saturated carbocycles. The summed E-state index contributed by atoms with van der Waals surface area (Å²) in [4.78, 5) is 0. The van der Waals surface area contributed by atoms with Crippen molar-refractivity contribution in [2.24, 2.45) is 5.92 Å². The van der Waals surface area contributed by atoms with Crippen molar-refractivity contribution in [2.45, 2.75) is 52.2 Å². The predicted octanol–water partition coefficient (Wildman–Crippen LogP) is 5.07. The molecule has 0 saturated heterocycles. The Labute approximate surface area is 139 Å². The Kier molecular flexibility index (Phi) is 2.45. The summed E-state index contributed by atoms with van der Waals surface area (Å²) in [5.41, 5.74) is 0.433. The van der Waals surface area contributed by atoms with Crippen molar-refractivity contribution in [2.75, 3.05) is 0 Å². The third-order valence-corrected chi connectivity index (χ3v) is 3.98. The number of phenolic OH excluding ortho intramolecular Hbond substituents is 2. The minimum atomic E-state index is -2.72. The molecule has 1 aliphatic rings. The Morgan fingerprint density at radius 2 is 2.19 bits per heavy atom. The number of hydrogen-bond donors (Lipinski definition) is 2. The summed E-state index contributed by atoms with van der Waals surface area (Å²) in [5.74, 6) is -2.40. The first-order valence-electron chi connectivity index (χ1n) is 11.2. The van der Waals surface area contributed by atoms with E-state index in [9.17, 15) is 10.2 Å². The summed E-state index contributed by atoms with van der Waals surface area (Å²) in [6, 6.07) is 2.96. The zero-order valence-electron chi connectivity index (χ0n) is 20.1. The summed E-state index contributed by atoms with van der Waals surface area (Å²) in [7, 11) is 0. The molecule has 0 amide bonds. The van der Waals surface area contributed by atoms with Crippen molar-refractivity contribution in [3.8, 4) is 11.5 Å². The Balaban J connectivity index is 2.71. The lowest BCUT2D eigenvalue weighted by atomic mass is 9.73. The molecule has 0 spiro atoms. The van der Waals surface area contributed by atoms with Gasteiger partial charge in [-0.05, 0) is 56.6 Å². The second-order valence-corrected chi connectivity index (χ2v) is 5.57. The molecule has 1 aromatic carbocycles. The predicted molar refractivity (Wildman–Crippen MR) is 87.8 cm³/mol. The first kappa shape index (κ1) is 8.07. The quantitative estimate of drug-likeness (QED) is 0.761. The molecule has 0 radical (unpaired) electrons. The van der Waals surface area contributed by atoms with Crippen LogP contribution in [0.4, 0.5) is 0 Å². The third kappa shape index (κ3) is 3.31. The van der Waals surface area contributed by atoms with Crippen molar-refractivity contribution >= 4 is 0 Å². The van der Waals surface area contributed by atoms with Crippen LogP contribution in [-0.4, -0.2) is 10.2 Å². The molecule has 2 rings (SSSR count). The minimum absolute atomic E-state index is 0.0271. The summed E-state index contributed by atoms with van der Waals surface area (Å²) >= 11 is 0. The fourth-order valence-electron chi connectivity index (χ4n) is 2.97. The molecule has 2 unspecified atom stereocenters. The second-order valence-electron chi connectivity index (χ2n) is 5.57. The number of aryl methyl sites for hydroxylation is 1. The summed E-state index contributed by atoms with van der Waals surface area (Å²) < 4.78 is 61.7. The molecular weight excluding hydrogens is 260 g/mol. The molecule has 0 heterocycles. The highest BCUT2D eigenvalue weighted by atomic mass is 16.3. The van der Waals surface area contributed by atoms with Crippen molar-refractivity contribution in [3.63, 3.8) is 0 Å². The Morgan fingerprint density at radius 1 is 1.43 bits per heavy atom. The van der Waals surface area contributed by atoms with Crippen LogP contribution in [0.5, 0.6) is 11.5 Å². The number of rotatable bonds is 4. The van der Waals surface area contributed by atoms with Crippen LogP contribution < -0.4 is 0 Å². The number of hydrogen-bond acceptors (Lipinski definition) is 2. The molecule has 1 aliphatic carbocycles. The van der Waals surface area contributed by atoms with Crippen LogP contribution in [-0.2, 0) is 6.42 Å². The lowest BCUT2D eigenvalue weighted by molar-refractivity contribution is 0.406. The van der Waals surface area contributed by atoms with Gasteiger partial charge in [0.05, 0.1) is 2.74 Å². The maximum atomic E-state index is 10.6. The van der Waals surface area contributed by atoms with Gasteiger partial charge in [0.1, 0.15) is 11.5 Å². The summed E-state index contributed by atoms with van der Waals surface area (Å²) in [6.45, 7) is -4.03. The average molecular weight is 294 g/mol. The molecule has 0 bridgehead atoms. The molecular formula is C19H26O2. The van der Waals surface area contributed by atoms with Crippen LogP contribution in [0, 0.1) is 5.92 Å². The van der Waals surface area contributed by atoms with Gasteiger partial charge in [0.2, 0.25) is 0 Å². The van der Waals surface area contributed by atoms with Gasteiger partial charge in [0, 0.05) is 19.7 Å². The normalized spacial score (nSPS) is 28.5. The van der Waals surface area contributed by atoms with Gasteiger partial charge in [-0.3, -0.25) is 0 Å². The van der Waals surface area contributed by atoms with Gasteiger partial charge in [0.25, 0.3) is 0 Å². The van der Waals surface area contributed by atoms with Gasteiger partial charge in [-0.2, -0.15) is 0 Å². The van der Waals surface area contributed by atoms with Crippen molar-refractivity contribution in [3.05, 3.63) is 47.0 Å². The van der Waals surface area contributed by atoms with E-state index in [4.69, 9.17) is 11.0 Å². The summed E-state index contributed by atoms with van der Waals surface area (Å²) in [5, 5.41) is 21.2. The van der Waals surface area contributed by atoms with Gasteiger partial charge in [-0.1, -0.05) is 37.1 Å². The molecule has 114 valence electrons. The first-order valence-corrected chi connectivity index (χ1v) is 7.21. The fraction of sp³-hybridized carbons (Fsp3) is 0.474. The Bertz CT molecular complexity index is 793. The van der Waals surface area contributed by atoms with Crippen LogP contribution in [0.25, 0.3) is 0 Å². The zero-order valence-corrected chi connectivity index (χ0v) is 12.1. The molecule has 2 atom stereocenters. The van der Waals surface area contributed by atoms with E-state index >= 15 is 0 Å². The van der Waals surface area contributed by atoms with Gasteiger partial charge in [0.15, 0.2) is 0 Å². The van der Waals surface area contributed by atoms with E-state index < -0.39 is 37.6 Å². The highest BCUT2D eigenvalue weighted by Crippen LogP contribution is 2.46. The third-order valence-electron chi connectivity index (χ3n) is 3.98. The summed E-state index contributed by atoms with van der Waals surface area (Å²) in [6.07, 6.45) is 2.94. The number of aromatic hydroxyl groups is 2. The maximum Gasteiger partial charge on any atom is 0.123 e. The van der Waals surface area contributed by atoms with Crippen LogP contribution in [0.2, 0.25) is 0 Å². The lowest BCUT2D eigenvalue weighted by Gasteiger charge is -2.31. The van der Waals surface area contributed by atoms with E-state index in [0.29, 0.717) is 12.0 Å². The van der Waals surface area contributed by atoms with E-state index in [2.05, 4.69) is 0 Å². The van der Waals surface area contributed by atoms with E-state index in [0.717, 1.165) is 6.42 Å². The Hall–Kier alpha value is -1.70. The fourth-order valence-corrected chi connectivity index (χ4v) is 2.97. The molecule has 1 aromatic rings. The molecule has 2 N–H and O–H groups in total. The van der Waals surface area contributed by atoms with Crippen LogP contribution in [0.15, 0.2) is 35.9 Å². The molecule has 0 fully saturated rings. The molecule has 0 aliphatic heterocycles. The van der Waals surface area contributed by atoms with Crippen LogP contribution >= 0.6 is 0 Å². The lowest BCUT2D eigenvalue weighted by Crippen LogP contribution is -2.17. The minimum Gasteiger partial charge on any atom is -0.507 e. The van der Waals surface area contributed by atoms with Crippen molar-refractivity contribution in [1.82, 2.24) is 0 Å². The monoisotopic (exact) mass is 294 g/mol. The molecule has 0 aromatic heterocycles. The van der Waals surface area contributed by atoms with Crippen LogP contribution in [0.1, 0.15) is 67.9 Å². The largest absolute Gasteiger partial charge is 0.507 e. The van der Waals surface area contributed by atoms with E-state index in [-0.39, 0.29) is 35.5 Å². The highest BCUT2D eigenvalue weighted by molar-refractivity contribution is 5.51.